The van der Waals surface area contributed by atoms with Gasteiger partial charge in [0, 0.05) is 20.5 Å². The van der Waals surface area contributed by atoms with Gasteiger partial charge in [-0.15, -0.1) is 0 Å². The minimum Gasteiger partial charge on any atom is -0.464 e. The number of rotatable bonds is 6. The zero-order valence-corrected chi connectivity index (χ0v) is 13.9. The van der Waals surface area contributed by atoms with Crippen molar-refractivity contribution < 1.29 is 9.53 Å². The first kappa shape index (κ1) is 17.0. The van der Waals surface area contributed by atoms with E-state index in [4.69, 9.17) is 4.74 Å². The summed E-state index contributed by atoms with van der Waals surface area (Å²) >= 11 is 0. The van der Waals surface area contributed by atoms with Crippen LogP contribution in [0.1, 0.15) is 26.7 Å². The van der Waals surface area contributed by atoms with E-state index < -0.39 is 11.2 Å². The Balaban J connectivity index is 2.12. The molecule has 0 saturated heterocycles. The number of aryl methyl sites for hydroxylation is 1. The largest absolute Gasteiger partial charge is 0.464 e. The average molecular weight is 322 g/mol. The number of carbonyl (C=O) groups excluding carboxylic acids is 1. The molecule has 0 aliphatic rings. The number of hydrogen-bond donors (Lipinski definition) is 0. The Bertz CT molecular complexity index is 828. The number of ether oxygens (including phenoxy) is 1. The van der Waals surface area contributed by atoms with Crippen molar-refractivity contribution >= 4 is 17.1 Å². The normalized spacial score (nSPS) is 11.3. The van der Waals surface area contributed by atoms with Crippen LogP contribution in [0.25, 0.3) is 11.2 Å². The number of esters is 1. The van der Waals surface area contributed by atoms with Gasteiger partial charge in [0.05, 0.1) is 12.9 Å². The third-order valence-corrected chi connectivity index (χ3v) is 3.74. The maximum Gasteiger partial charge on any atom is 0.332 e. The maximum absolute atomic E-state index is 12.2. The second kappa shape index (κ2) is 6.80. The first-order valence-corrected chi connectivity index (χ1v) is 7.59. The summed E-state index contributed by atoms with van der Waals surface area (Å²) in [6.45, 7) is 4.57. The number of imidazole rings is 1. The molecule has 0 fully saturated rings. The zero-order valence-electron chi connectivity index (χ0n) is 13.9. The molecule has 2 aromatic rings. The van der Waals surface area contributed by atoms with Gasteiger partial charge in [-0.3, -0.25) is 18.7 Å². The highest BCUT2D eigenvalue weighted by Crippen LogP contribution is 2.07. The molecule has 0 unspecified atom stereocenters. The van der Waals surface area contributed by atoms with Crippen molar-refractivity contribution in [3.8, 4) is 0 Å². The Morgan fingerprint density at radius 1 is 1.26 bits per heavy atom. The topological polar surface area (TPSA) is 88.1 Å². The van der Waals surface area contributed by atoms with Crippen LogP contribution in [0.2, 0.25) is 0 Å². The molecule has 0 aromatic carbocycles. The summed E-state index contributed by atoms with van der Waals surface area (Å²) in [5, 5.41) is 0. The van der Waals surface area contributed by atoms with Crippen LogP contribution in [0.5, 0.6) is 0 Å². The van der Waals surface area contributed by atoms with E-state index in [-0.39, 0.29) is 12.6 Å². The molecule has 0 saturated carbocycles. The summed E-state index contributed by atoms with van der Waals surface area (Å²) in [6, 6.07) is 0. The van der Waals surface area contributed by atoms with Crippen LogP contribution in [0.4, 0.5) is 0 Å². The fraction of sp³-hybridized carbons (Fsp3) is 0.600. The second-order valence-corrected chi connectivity index (χ2v) is 5.97. The van der Waals surface area contributed by atoms with E-state index in [9.17, 15) is 14.4 Å². The molecule has 0 atom stereocenters. The van der Waals surface area contributed by atoms with Gasteiger partial charge < -0.3 is 9.30 Å². The van der Waals surface area contributed by atoms with E-state index in [2.05, 4.69) is 4.98 Å². The van der Waals surface area contributed by atoms with Crippen LogP contribution in [0.3, 0.4) is 0 Å². The van der Waals surface area contributed by atoms with Crippen LogP contribution in [-0.2, 0) is 30.2 Å². The van der Waals surface area contributed by atoms with Crippen LogP contribution >= 0.6 is 0 Å². The molecule has 0 aliphatic carbocycles. The van der Waals surface area contributed by atoms with E-state index in [1.54, 1.807) is 11.6 Å². The quantitative estimate of drug-likeness (QED) is 0.719. The van der Waals surface area contributed by atoms with Crippen molar-refractivity contribution in [1.29, 1.82) is 0 Å². The molecule has 2 aromatic heterocycles. The molecule has 0 radical (unpaired) electrons. The number of carbonyl (C=O) groups is 1. The van der Waals surface area contributed by atoms with Crippen molar-refractivity contribution in [3.05, 3.63) is 27.2 Å². The molecule has 0 amide bonds. The van der Waals surface area contributed by atoms with Gasteiger partial charge in [-0.2, -0.15) is 0 Å². The van der Waals surface area contributed by atoms with Crippen molar-refractivity contribution in [2.45, 2.75) is 33.2 Å². The predicted octanol–water partition coefficient (Wildman–Crippen LogP) is 0.413. The van der Waals surface area contributed by atoms with Gasteiger partial charge in [0.15, 0.2) is 11.2 Å². The minimum absolute atomic E-state index is 0.161. The van der Waals surface area contributed by atoms with Gasteiger partial charge in [-0.05, 0) is 12.3 Å². The molecule has 2 heterocycles. The Morgan fingerprint density at radius 3 is 2.61 bits per heavy atom. The summed E-state index contributed by atoms with van der Waals surface area (Å²) in [5.41, 5.74) is -0.184. The van der Waals surface area contributed by atoms with Crippen LogP contribution in [0.15, 0.2) is 15.9 Å². The Morgan fingerprint density at radius 2 is 1.96 bits per heavy atom. The molecule has 0 bridgehead atoms. The lowest BCUT2D eigenvalue weighted by Crippen LogP contribution is -2.37. The molecule has 2 rings (SSSR count). The van der Waals surface area contributed by atoms with Crippen molar-refractivity contribution in [2.24, 2.45) is 20.0 Å². The lowest BCUT2D eigenvalue weighted by atomic mass is 10.1. The van der Waals surface area contributed by atoms with Gasteiger partial charge >= 0.3 is 11.7 Å². The summed E-state index contributed by atoms with van der Waals surface area (Å²) in [5.74, 6) is 0.202. The monoisotopic (exact) mass is 322 g/mol. The van der Waals surface area contributed by atoms with Gasteiger partial charge in [0.2, 0.25) is 0 Å². The van der Waals surface area contributed by atoms with Gasteiger partial charge in [-0.1, -0.05) is 13.8 Å². The van der Waals surface area contributed by atoms with Gasteiger partial charge in [0.1, 0.15) is 6.61 Å². The van der Waals surface area contributed by atoms with Gasteiger partial charge in [-0.25, -0.2) is 9.78 Å². The minimum atomic E-state index is -0.423. The second-order valence-electron chi connectivity index (χ2n) is 5.97. The molecular formula is C15H22N4O4. The van der Waals surface area contributed by atoms with E-state index in [1.165, 1.54) is 17.9 Å². The highest BCUT2D eigenvalue weighted by Gasteiger charge is 2.14. The molecule has 0 N–H and O–H groups in total. The highest BCUT2D eigenvalue weighted by molar-refractivity contribution is 5.70. The Labute approximate surface area is 133 Å². The molecule has 23 heavy (non-hydrogen) atoms. The highest BCUT2D eigenvalue weighted by atomic mass is 16.5. The summed E-state index contributed by atoms with van der Waals surface area (Å²) in [7, 11) is 2.99. The smallest absolute Gasteiger partial charge is 0.332 e. The van der Waals surface area contributed by atoms with Crippen LogP contribution in [0, 0.1) is 5.92 Å². The van der Waals surface area contributed by atoms with Gasteiger partial charge in [0.25, 0.3) is 5.56 Å². The molecule has 126 valence electrons. The Hall–Kier alpha value is -2.38. The molecule has 8 heteroatoms. The first-order chi connectivity index (χ1) is 10.8. The molecule has 0 spiro atoms. The summed E-state index contributed by atoms with van der Waals surface area (Å²) < 4.78 is 9.14. The predicted molar refractivity (Wildman–Crippen MR) is 85.2 cm³/mol. The third-order valence-electron chi connectivity index (χ3n) is 3.74. The first-order valence-electron chi connectivity index (χ1n) is 7.59. The average Bonchev–Trinajstić information content (AvgIpc) is 2.93. The van der Waals surface area contributed by atoms with E-state index >= 15 is 0 Å². The summed E-state index contributed by atoms with van der Waals surface area (Å²) in [6.07, 6.45) is 2.65. The summed E-state index contributed by atoms with van der Waals surface area (Å²) in [4.78, 5) is 39.8. The van der Waals surface area contributed by atoms with Crippen LogP contribution in [-0.4, -0.2) is 31.3 Å². The number of fused-ring (bicyclic) bond motifs is 1. The van der Waals surface area contributed by atoms with E-state index in [0.29, 0.717) is 30.0 Å². The zero-order chi connectivity index (χ0) is 17.1. The number of hydrogen-bond acceptors (Lipinski definition) is 5. The fourth-order valence-corrected chi connectivity index (χ4v) is 2.30. The number of aromatic nitrogens is 4. The van der Waals surface area contributed by atoms with E-state index in [0.717, 1.165) is 11.0 Å². The van der Waals surface area contributed by atoms with Crippen molar-refractivity contribution in [3.63, 3.8) is 0 Å². The lowest BCUT2D eigenvalue weighted by molar-refractivity contribution is -0.144. The standard InChI is InChI=1S/C15H22N4O4/c1-10(2)5-6-11(20)23-8-7-19-9-16-13-12(19)14(21)18(4)15(22)17(13)3/h9-10H,5-8H2,1-4H3. The Kier molecular flexibility index (Phi) is 5.02. The van der Waals surface area contributed by atoms with Crippen LogP contribution < -0.4 is 11.2 Å². The van der Waals surface area contributed by atoms with Crippen molar-refractivity contribution in [2.75, 3.05) is 6.61 Å². The van der Waals surface area contributed by atoms with Crippen molar-refractivity contribution in [1.82, 2.24) is 18.7 Å². The molecule has 8 nitrogen and oxygen atoms in total. The SMILES string of the molecule is CC(C)CCC(=O)OCCn1cnc2c1c(=O)n(C)c(=O)n2C. The van der Waals surface area contributed by atoms with E-state index in [1.807, 2.05) is 13.8 Å². The molecular weight excluding hydrogens is 300 g/mol. The molecule has 0 aliphatic heterocycles. The maximum atomic E-state index is 12.2. The lowest BCUT2D eigenvalue weighted by Gasteiger charge is -2.08. The number of nitrogens with zero attached hydrogens (tertiary/aromatic N) is 4. The fourth-order valence-electron chi connectivity index (χ4n) is 2.30. The third kappa shape index (κ3) is 3.52.